The molecule has 3 rings (SSSR count). The average Bonchev–Trinajstić information content (AvgIpc) is 2.72. The molecule has 26 heavy (non-hydrogen) atoms. The van der Waals surface area contributed by atoms with Crippen LogP contribution in [0, 0.1) is 0 Å². The molecule has 0 heterocycles. The predicted molar refractivity (Wildman–Crippen MR) is 125 cm³/mol. The summed E-state index contributed by atoms with van der Waals surface area (Å²) in [6, 6.07) is 28.9. The van der Waals surface area contributed by atoms with Crippen molar-refractivity contribution in [2.75, 3.05) is 0 Å². The summed E-state index contributed by atoms with van der Waals surface area (Å²) in [5, 5.41) is 0. The van der Waals surface area contributed by atoms with E-state index in [1.165, 1.54) is 11.1 Å². The number of rotatable bonds is 6. The van der Waals surface area contributed by atoms with Crippen LogP contribution in [0.15, 0.2) is 84.9 Å². The second kappa shape index (κ2) is 10.0. The Morgan fingerprint density at radius 1 is 0.538 bits per heavy atom. The van der Waals surface area contributed by atoms with Crippen molar-refractivity contribution in [1.82, 2.24) is 0 Å². The standard InChI is InChI=1S/C22H18S4/c23-21(17-9-3-1-4-10-17)25-15-19-13-7-8-14-20(19)16-26-22(24)18-11-5-2-6-12-18/h1-14H,15-16H2. The maximum atomic E-state index is 5.57. The van der Waals surface area contributed by atoms with Gasteiger partial charge in [-0.25, -0.2) is 0 Å². The minimum Gasteiger partial charge on any atom is -0.109 e. The minimum absolute atomic E-state index is 0.878. The summed E-state index contributed by atoms with van der Waals surface area (Å²) in [7, 11) is 0. The highest BCUT2D eigenvalue weighted by atomic mass is 32.2. The smallest absolute Gasteiger partial charge is 0.0781 e. The van der Waals surface area contributed by atoms with Crippen molar-refractivity contribution in [1.29, 1.82) is 0 Å². The fraction of sp³-hybridized carbons (Fsp3) is 0.0909. The van der Waals surface area contributed by atoms with Crippen LogP contribution in [0.25, 0.3) is 0 Å². The summed E-state index contributed by atoms with van der Waals surface area (Å²) in [6.07, 6.45) is 0. The van der Waals surface area contributed by atoms with E-state index in [0.717, 1.165) is 31.0 Å². The molecule has 130 valence electrons. The number of hydrogen-bond acceptors (Lipinski definition) is 4. The summed E-state index contributed by atoms with van der Waals surface area (Å²) in [5.41, 5.74) is 4.87. The van der Waals surface area contributed by atoms with Crippen LogP contribution in [0.1, 0.15) is 22.3 Å². The molecular weight excluding hydrogens is 393 g/mol. The minimum atomic E-state index is 0.878. The van der Waals surface area contributed by atoms with Crippen LogP contribution in [0.5, 0.6) is 0 Å². The zero-order chi connectivity index (χ0) is 18.2. The van der Waals surface area contributed by atoms with Crippen molar-refractivity contribution in [3.8, 4) is 0 Å². The van der Waals surface area contributed by atoms with E-state index in [9.17, 15) is 0 Å². The van der Waals surface area contributed by atoms with Gasteiger partial charge in [-0.05, 0) is 22.3 Å². The van der Waals surface area contributed by atoms with E-state index in [1.807, 2.05) is 36.4 Å². The molecule has 0 atom stereocenters. The Labute approximate surface area is 174 Å². The third kappa shape index (κ3) is 5.52. The van der Waals surface area contributed by atoms with Gasteiger partial charge < -0.3 is 0 Å². The van der Waals surface area contributed by atoms with Gasteiger partial charge in [0, 0.05) is 11.5 Å². The lowest BCUT2D eigenvalue weighted by Crippen LogP contribution is -1.97. The van der Waals surface area contributed by atoms with E-state index < -0.39 is 0 Å². The Hall–Kier alpha value is -1.46. The van der Waals surface area contributed by atoms with Crippen molar-refractivity contribution in [2.24, 2.45) is 0 Å². The summed E-state index contributed by atoms with van der Waals surface area (Å²) in [6.45, 7) is 0. The van der Waals surface area contributed by atoms with Crippen molar-refractivity contribution in [3.05, 3.63) is 107 Å². The van der Waals surface area contributed by atoms with Gasteiger partial charge in [0.1, 0.15) is 0 Å². The highest BCUT2D eigenvalue weighted by Crippen LogP contribution is 2.26. The van der Waals surface area contributed by atoms with Crippen LogP contribution >= 0.6 is 48.0 Å². The Kier molecular flexibility index (Phi) is 7.44. The van der Waals surface area contributed by atoms with Gasteiger partial charge in [0.2, 0.25) is 0 Å². The predicted octanol–water partition coefficient (Wildman–Crippen LogP) is 6.90. The van der Waals surface area contributed by atoms with Gasteiger partial charge in [0.15, 0.2) is 0 Å². The van der Waals surface area contributed by atoms with Gasteiger partial charge in [0.25, 0.3) is 0 Å². The summed E-state index contributed by atoms with van der Waals surface area (Å²) in [5.74, 6) is 1.76. The second-order valence-electron chi connectivity index (χ2n) is 5.65. The molecule has 0 aliphatic rings. The molecule has 0 aliphatic carbocycles. The maximum absolute atomic E-state index is 5.57. The fourth-order valence-electron chi connectivity index (χ4n) is 2.44. The normalized spacial score (nSPS) is 10.5. The summed E-state index contributed by atoms with van der Waals surface area (Å²) in [4.78, 5) is 0. The molecule has 0 unspecified atom stereocenters. The molecule has 0 spiro atoms. The molecule has 0 saturated heterocycles. The Bertz CT molecular complexity index is 798. The maximum Gasteiger partial charge on any atom is 0.0781 e. The van der Waals surface area contributed by atoms with Crippen LogP contribution in [0.4, 0.5) is 0 Å². The molecule has 0 nitrogen and oxygen atoms in total. The van der Waals surface area contributed by atoms with Gasteiger partial charge in [0.05, 0.1) is 8.39 Å². The lowest BCUT2D eigenvalue weighted by atomic mass is 10.1. The molecule has 0 fully saturated rings. The van der Waals surface area contributed by atoms with Crippen molar-refractivity contribution in [2.45, 2.75) is 11.5 Å². The van der Waals surface area contributed by atoms with Crippen LogP contribution < -0.4 is 0 Å². The SMILES string of the molecule is S=C(SCc1ccccc1CSC(=S)c1ccccc1)c1ccccc1. The van der Waals surface area contributed by atoms with E-state index in [1.54, 1.807) is 23.5 Å². The summed E-state index contributed by atoms with van der Waals surface area (Å²) < 4.78 is 1.88. The molecule has 3 aromatic carbocycles. The van der Waals surface area contributed by atoms with Crippen LogP contribution in [0.2, 0.25) is 0 Å². The Morgan fingerprint density at radius 3 is 1.27 bits per heavy atom. The van der Waals surface area contributed by atoms with Crippen LogP contribution in [-0.4, -0.2) is 8.39 Å². The topological polar surface area (TPSA) is 0 Å². The quantitative estimate of drug-likeness (QED) is 0.405. The van der Waals surface area contributed by atoms with E-state index in [-0.39, 0.29) is 0 Å². The fourth-order valence-corrected chi connectivity index (χ4v) is 4.81. The second-order valence-corrected chi connectivity index (χ2v) is 8.96. The Morgan fingerprint density at radius 2 is 0.885 bits per heavy atom. The first-order valence-electron chi connectivity index (χ1n) is 8.25. The summed E-state index contributed by atoms with van der Waals surface area (Å²) >= 11 is 14.6. The average molecular weight is 411 g/mol. The monoisotopic (exact) mass is 410 g/mol. The first kappa shape index (κ1) is 19.3. The largest absolute Gasteiger partial charge is 0.109 e. The van der Waals surface area contributed by atoms with Gasteiger partial charge in [-0.3, -0.25) is 0 Å². The number of hydrogen-bond donors (Lipinski definition) is 0. The van der Waals surface area contributed by atoms with Crippen LogP contribution in [-0.2, 0) is 11.5 Å². The highest BCUT2D eigenvalue weighted by molar-refractivity contribution is 8.23. The van der Waals surface area contributed by atoms with Crippen LogP contribution in [0.3, 0.4) is 0 Å². The van der Waals surface area contributed by atoms with Gasteiger partial charge in [-0.15, -0.1) is 23.5 Å². The van der Waals surface area contributed by atoms with E-state index in [2.05, 4.69) is 48.5 Å². The molecule has 0 radical (unpaired) electrons. The molecule has 4 heteroatoms. The molecule has 0 N–H and O–H groups in total. The first-order chi connectivity index (χ1) is 12.7. The third-order valence-electron chi connectivity index (χ3n) is 3.85. The molecule has 0 amide bonds. The zero-order valence-electron chi connectivity index (χ0n) is 14.1. The third-order valence-corrected chi connectivity index (χ3v) is 6.94. The Balaban J connectivity index is 1.61. The zero-order valence-corrected chi connectivity index (χ0v) is 17.4. The molecule has 0 aliphatic heterocycles. The van der Waals surface area contributed by atoms with Crippen molar-refractivity contribution in [3.63, 3.8) is 0 Å². The van der Waals surface area contributed by atoms with Gasteiger partial charge >= 0.3 is 0 Å². The van der Waals surface area contributed by atoms with Gasteiger partial charge in [-0.1, -0.05) is 109 Å². The molecule has 0 saturated carbocycles. The van der Waals surface area contributed by atoms with Crippen molar-refractivity contribution >= 4 is 56.4 Å². The first-order valence-corrected chi connectivity index (χ1v) is 11.0. The van der Waals surface area contributed by atoms with Gasteiger partial charge in [-0.2, -0.15) is 0 Å². The lowest BCUT2D eigenvalue weighted by molar-refractivity contribution is 1.29. The molecule has 0 aromatic heterocycles. The van der Waals surface area contributed by atoms with E-state index in [0.29, 0.717) is 0 Å². The molecule has 3 aromatic rings. The van der Waals surface area contributed by atoms with E-state index >= 15 is 0 Å². The highest BCUT2D eigenvalue weighted by Gasteiger charge is 2.08. The number of thiocarbonyl (C=S) groups is 2. The lowest BCUT2D eigenvalue weighted by Gasteiger charge is -2.10. The molecule has 0 bridgehead atoms. The number of benzene rings is 3. The van der Waals surface area contributed by atoms with E-state index in [4.69, 9.17) is 24.4 Å². The number of thioether (sulfide) groups is 2. The molecular formula is C22H18S4. The van der Waals surface area contributed by atoms with Crippen molar-refractivity contribution < 1.29 is 0 Å².